The minimum atomic E-state index is -2.77. The van der Waals surface area contributed by atoms with Crippen molar-refractivity contribution < 1.29 is 124 Å². The molecule has 2 saturated heterocycles. The van der Waals surface area contributed by atoms with E-state index in [9.17, 15) is 47.9 Å². The molecule has 0 saturated carbocycles. The molecular weight excluding hydrogens is 1000 g/mol. The molecule has 2 aromatic carbocycles. The van der Waals surface area contributed by atoms with Crippen LogP contribution in [-0.2, 0) is 100 Å². The van der Waals surface area contributed by atoms with E-state index in [1.807, 2.05) is 0 Å². The maximum Gasteiger partial charge on any atom is 0.331 e. The van der Waals surface area contributed by atoms with Gasteiger partial charge in [-0.3, -0.25) is 38.4 Å². The summed E-state index contributed by atoms with van der Waals surface area (Å²) < 4.78 is 89.6. The third-order valence-corrected chi connectivity index (χ3v) is 10.1. The minimum Gasteiger partial charge on any atom is -0.493 e. The zero-order valence-corrected chi connectivity index (χ0v) is 42.6. The van der Waals surface area contributed by atoms with Gasteiger partial charge in [-0.15, -0.1) is 0 Å². The smallest absolute Gasteiger partial charge is 0.331 e. The summed E-state index contributed by atoms with van der Waals surface area (Å²) in [7, 11) is 3.91. The van der Waals surface area contributed by atoms with Crippen LogP contribution in [0.2, 0.25) is 0 Å². The SMILES string of the molecule is COc1cc(/C=C/C(=O)O[C@H]2[C@H](OC(C)=O)[C@@H](COC(=O)/C=C/c3cc(OC)c(OC(C)=O)c(OC)c3)O[C@@]2(COC(C)=O)O[C@@H]2O[C@H](COC(C)=O)[C@@H](OC(C)=O)[C@H](OC(C)=O)[C@H]2OC(C)=O)ccc1OC(C)=O. The molecule has 0 amide bonds. The van der Waals surface area contributed by atoms with E-state index >= 15 is 0 Å². The first kappa shape index (κ1) is 59.5. The molecule has 408 valence electrons. The lowest BCUT2D eigenvalue weighted by Crippen LogP contribution is -2.65. The van der Waals surface area contributed by atoms with Crippen LogP contribution in [0.3, 0.4) is 0 Å². The van der Waals surface area contributed by atoms with Gasteiger partial charge in [-0.05, 0) is 47.5 Å². The Morgan fingerprint density at radius 2 is 1.00 bits per heavy atom. The number of methoxy groups -OCH3 is 3. The predicted octanol–water partition coefficient (Wildman–Crippen LogP) is 2.43. The Kier molecular flexibility index (Phi) is 21.6. The molecular formula is C49H56O26. The molecule has 26 heteroatoms. The van der Waals surface area contributed by atoms with Gasteiger partial charge in [0.15, 0.2) is 53.5 Å². The summed E-state index contributed by atoms with van der Waals surface area (Å²) >= 11 is 0. The van der Waals surface area contributed by atoms with E-state index in [0.717, 1.165) is 53.7 Å². The third-order valence-electron chi connectivity index (χ3n) is 10.1. The van der Waals surface area contributed by atoms with Crippen molar-refractivity contribution in [3.8, 4) is 28.7 Å². The van der Waals surface area contributed by atoms with Crippen LogP contribution in [0.15, 0.2) is 42.5 Å². The summed E-state index contributed by atoms with van der Waals surface area (Å²) in [6.07, 6.45) is -10.4. The largest absolute Gasteiger partial charge is 0.493 e. The molecule has 2 aromatic rings. The first-order chi connectivity index (χ1) is 35.4. The van der Waals surface area contributed by atoms with Gasteiger partial charge in [0.2, 0.25) is 17.8 Å². The summed E-state index contributed by atoms with van der Waals surface area (Å²) in [5.74, 6) is -11.9. The van der Waals surface area contributed by atoms with E-state index in [-0.39, 0.29) is 28.7 Å². The molecule has 0 radical (unpaired) electrons. The van der Waals surface area contributed by atoms with Crippen molar-refractivity contribution in [2.75, 3.05) is 41.2 Å². The van der Waals surface area contributed by atoms with Crippen molar-refractivity contribution in [3.05, 3.63) is 53.6 Å². The number of carbonyl (C=O) groups excluding carboxylic acids is 10. The number of ether oxygens (including phenoxy) is 16. The molecule has 4 rings (SSSR count). The number of hydrogen-bond acceptors (Lipinski definition) is 26. The fraction of sp³-hybridized carbons (Fsp3) is 0.469. The molecule has 26 nitrogen and oxygen atoms in total. The fourth-order valence-electron chi connectivity index (χ4n) is 7.35. The van der Waals surface area contributed by atoms with Crippen molar-refractivity contribution in [1.82, 2.24) is 0 Å². The van der Waals surface area contributed by atoms with Crippen molar-refractivity contribution >= 4 is 71.8 Å². The van der Waals surface area contributed by atoms with Gasteiger partial charge in [0.05, 0.1) is 21.3 Å². The number of carbonyl (C=O) groups is 10. The van der Waals surface area contributed by atoms with E-state index in [2.05, 4.69) is 0 Å². The molecule has 2 fully saturated rings. The van der Waals surface area contributed by atoms with E-state index in [1.54, 1.807) is 0 Å². The molecule has 2 heterocycles. The average Bonchev–Trinajstić information content (AvgIpc) is 3.59. The lowest BCUT2D eigenvalue weighted by molar-refractivity contribution is -0.384. The molecule has 0 N–H and O–H groups in total. The fourth-order valence-corrected chi connectivity index (χ4v) is 7.35. The Morgan fingerprint density at radius 3 is 1.55 bits per heavy atom. The highest BCUT2D eigenvalue weighted by Gasteiger charge is 2.65. The Morgan fingerprint density at radius 1 is 0.493 bits per heavy atom. The van der Waals surface area contributed by atoms with Gasteiger partial charge in [-0.25, -0.2) is 9.59 Å². The van der Waals surface area contributed by atoms with Crippen molar-refractivity contribution in [2.45, 2.75) is 110 Å². The number of hydrogen-bond donors (Lipinski definition) is 0. The van der Waals surface area contributed by atoms with Crippen LogP contribution in [0.5, 0.6) is 28.7 Å². The van der Waals surface area contributed by atoms with Gasteiger partial charge in [-0.1, -0.05) is 6.07 Å². The van der Waals surface area contributed by atoms with Crippen LogP contribution in [0.1, 0.15) is 66.5 Å². The van der Waals surface area contributed by atoms with E-state index in [1.165, 1.54) is 77.7 Å². The first-order valence-corrected chi connectivity index (χ1v) is 22.4. The van der Waals surface area contributed by atoms with Crippen LogP contribution in [-0.4, -0.2) is 156 Å². The lowest BCUT2D eigenvalue weighted by Gasteiger charge is -2.46. The van der Waals surface area contributed by atoms with Gasteiger partial charge in [-0.2, -0.15) is 0 Å². The summed E-state index contributed by atoms with van der Waals surface area (Å²) in [5, 5.41) is 0. The third kappa shape index (κ3) is 17.2. The number of esters is 10. The van der Waals surface area contributed by atoms with Crippen molar-refractivity contribution in [2.24, 2.45) is 0 Å². The van der Waals surface area contributed by atoms with E-state index in [0.29, 0.717) is 11.1 Å². The lowest BCUT2D eigenvalue weighted by atomic mass is 9.97. The normalized spacial score (nSPS) is 22.9. The topological polar surface area (TPSA) is 318 Å². The molecule has 9 atom stereocenters. The molecule has 0 aromatic heterocycles. The van der Waals surface area contributed by atoms with Crippen LogP contribution in [0.25, 0.3) is 12.2 Å². The molecule has 2 aliphatic rings. The summed E-state index contributed by atoms with van der Waals surface area (Å²) in [6.45, 7) is 5.61. The zero-order chi connectivity index (χ0) is 55.7. The monoisotopic (exact) mass is 1060 g/mol. The maximum atomic E-state index is 14.0. The zero-order valence-electron chi connectivity index (χ0n) is 42.6. The Bertz CT molecular complexity index is 2500. The first-order valence-electron chi connectivity index (χ1n) is 22.4. The van der Waals surface area contributed by atoms with Crippen LogP contribution < -0.4 is 23.7 Å². The standard InChI is InChI=1S/C49H56O26/c1-24(50)63-21-38-43(68-28(5)54)45(70-30(7)56)46(71-31(8)57)48(72-38)75-49(23-65-25(2)51)47(73-41(59)17-13-32-12-15-34(66-26(3)52)35(18-32)60-9)44(69-29(6)55)39(74-49)22-64-40(58)16-14-33-19-36(61-10)42(67-27(4)53)37(20-33)62-11/h12-20,38-39,43-48H,21-23H2,1-11H3/b16-14+,17-13+/t38-,39-,43-,44-,45+,46-,47+,48+,49+/m1/s1. The quantitative estimate of drug-likeness (QED) is 0.0707. The summed E-state index contributed by atoms with van der Waals surface area (Å²) in [6, 6.07) is 7.07. The average molecular weight is 1060 g/mol. The molecule has 0 bridgehead atoms. The van der Waals surface area contributed by atoms with Crippen molar-refractivity contribution in [3.63, 3.8) is 0 Å². The number of benzene rings is 2. The van der Waals surface area contributed by atoms with Gasteiger partial charge < -0.3 is 75.8 Å². The molecule has 0 aliphatic carbocycles. The van der Waals surface area contributed by atoms with Gasteiger partial charge >= 0.3 is 59.7 Å². The van der Waals surface area contributed by atoms with Gasteiger partial charge in [0, 0.05) is 67.5 Å². The van der Waals surface area contributed by atoms with Gasteiger partial charge in [0.25, 0.3) is 0 Å². The molecule has 75 heavy (non-hydrogen) atoms. The predicted molar refractivity (Wildman–Crippen MR) is 247 cm³/mol. The van der Waals surface area contributed by atoms with Crippen molar-refractivity contribution in [1.29, 1.82) is 0 Å². The van der Waals surface area contributed by atoms with Crippen LogP contribution in [0, 0.1) is 0 Å². The Hall–Kier alpha value is -8.10. The molecule has 0 spiro atoms. The highest BCUT2D eigenvalue weighted by Crippen LogP contribution is 2.42. The van der Waals surface area contributed by atoms with E-state index in [4.69, 9.17) is 75.8 Å². The minimum absolute atomic E-state index is 0.0358. The summed E-state index contributed by atoms with van der Waals surface area (Å²) in [5.41, 5.74) is 0.595. The second-order valence-corrected chi connectivity index (χ2v) is 16.0. The van der Waals surface area contributed by atoms with Crippen LogP contribution in [0.4, 0.5) is 0 Å². The highest BCUT2D eigenvalue weighted by atomic mass is 16.8. The maximum absolute atomic E-state index is 14.0. The van der Waals surface area contributed by atoms with Gasteiger partial charge in [0.1, 0.15) is 32.0 Å². The molecule has 0 unspecified atom stereocenters. The van der Waals surface area contributed by atoms with E-state index < -0.39 is 134 Å². The highest BCUT2D eigenvalue weighted by molar-refractivity contribution is 5.88. The Balaban J connectivity index is 1.88. The second kappa shape index (κ2) is 27.3. The second-order valence-electron chi connectivity index (χ2n) is 16.0. The number of rotatable bonds is 22. The Labute approximate surface area is 428 Å². The van der Waals surface area contributed by atoms with Crippen LogP contribution >= 0.6 is 0 Å². The summed E-state index contributed by atoms with van der Waals surface area (Å²) in [4.78, 5) is 126. The molecule has 2 aliphatic heterocycles.